The topological polar surface area (TPSA) is 85.4 Å². The van der Waals surface area contributed by atoms with Gasteiger partial charge in [0.1, 0.15) is 29.5 Å². The van der Waals surface area contributed by atoms with Crippen LogP contribution in [0.25, 0.3) is 10.9 Å². The van der Waals surface area contributed by atoms with Crippen molar-refractivity contribution in [3.63, 3.8) is 0 Å². The highest BCUT2D eigenvalue weighted by Gasteiger charge is 2.19. The second kappa shape index (κ2) is 10.5. The van der Waals surface area contributed by atoms with Crippen LogP contribution in [0.15, 0.2) is 30.6 Å². The summed E-state index contributed by atoms with van der Waals surface area (Å²) < 4.78 is 10.8. The number of aromatic nitrogens is 2. The Morgan fingerprint density at radius 3 is 2.61 bits per heavy atom. The lowest BCUT2D eigenvalue weighted by atomic mass is 10.0. The van der Waals surface area contributed by atoms with Crippen LogP contribution in [0.5, 0.6) is 11.5 Å². The number of rotatable bonds is 9. The number of methoxy groups -OCH3 is 2. The Balaban J connectivity index is 2.03. The summed E-state index contributed by atoms with van der Waals surface area (Å²) in [6.45, 7) is 2.57. The van der Waals surface area contributed by atoms with Crippen molar-refractivity contribution in [2.45, 2.75) is 26.3 Å². The van der Waals surface area contributed by atoms with E-state index in [1.807, 2.05) is 18.2 Å². The fourth-order valence-electron chi connectivity index (χ4n) is 3.39. The predicted molar refractivity (Wildman–Crippen MR) is 125 cm³/mol. The lowest BCUT2D eigenvalue weighted by Gasteiger charge is -2.18. The first-order valence-electron chi connectivity index (χ1n) is 9.79. The number of nitrogens with zero attached hydrogens (tertiary/aromatic N) is 2. The van der Waals surface area contributed by atoms with Crippen molar-refractivity contribution in [2.75, 3.05) is 30.7 Å². The van der Waals surface area contributed by atoms with Crippen LogP contribution in [-0.4, -0.2) is 36.0 Å². The van der Waals surface area contributed by atoms with Gasteiger partial charge in [0.25, 0.3) is 0 Å². The highest BCUT2D eigenvalue weighted by atomic mass is 35.5. The van der Waals surface area contributed by atoms with Crippen LogP contribution in [0.1, 0.15) is 24.5 Å². The number of halogens is 2. The molecule has 0 unspecified atom stereocenters. The molecule has 0 atom stereocenters. The van der Waals surface area contributed by atoms with Crippen LogP contribution in [0.2, 0.25) is 5.02 Å². The molecule has 0 aliphatic rings. The molecule has 2 aromatic carbocycles. The van der Waals surface area contributed by atoms with E-state index in [0.29, 0.717) is 34.6 Å². The minimum Gasteiger partial charge on any atom is -0.495 e. The average Bonchev–Trinajstić information content (AvgIpc) is 2.78. The van der Waals surface area contributed by atoms with Crippen molar-refractivity contribution in [3.8, 4) is 11.5 Å². The number of fused-ring (bicyclic) bond motifs is 1. The van der Waals surface area contributed by atoms with E-state index in [0.717, 1.165) is 34.9 Å². The zero-order chi connectivity index (χ0) is 22.4. The van der Waals surface area contributed by atoms with E-state index in [1.54, 1.807) is 20.3 Å². The number of anilines is 2. The second-order valence-corrected chi connectivity index (χ2v) is 7.48. The van der Waals surface area contributed by atoms with Crippen molar-refractivity contribution in [1.29, 1.82) is 0 Å². The molecule has 0 saturated carbocycles. The maximum absolute atomic E-state index is 12.0. The van der Waals surface area contributed by atoms with Crippen LogP contribution < -0.4 is 20.1 Å². The van der Waals surface area contributed by atoms with Gasteiger partial charge in [-0.3, -0.25) is 4.79 Å². The average molecular weight is 463 g/mol. The highest BCUT2D eigenvalue weighted by molar-refractivity contribution is 6.32. The van der Waals surface area contributed by atoms with Crippen molar-refractivity contribution in [2.24, 2.45) is 0 Å². The Hall–Kier alpha value is -2.77. The SMILES string of the molecule is CCCc1c(OC)c(NC(=O)CCl)cc2c(NCc3ccc(OC)c(Cl)c3)ncnc12. The number of alkyl halides is 1. The van der Waals surface area contributed by atoms with E-state index in [-0.39, 0.29) is 11.8 Å². The van der Waals surface area contributed by atoms with Crippen LogP contribution >= 0.6 is 23.2 Å². The molecule has 1 heterocycles. The fraction of sp³-hybridized carbons (Fsp3) is 0.318. The summed E-state index contributed by atoms with van der Waals surface area (Å²) in [5.41, 5.74) is 3.18. The van der Waals surface area contributed by atoms with Crippen molar-refractivity contribution in [1.82, 2.24) is 9.97 Å². The van der Waals surface area contributed by atoms with Crippen LogP contribution in [0, 0.1) is 0 Å². The van der Waals surface area contributed by atoms with Crippen molar-refractivity contribution in [3.05, 3.63) is 46.7 Å². The molecule has 3 aromatic rings. The minimum absolute atomic E-state index is 0.154. The molecule has 0 spiro atoms. The summed E-state index contributed by atoms with van der Waals surface area (Å²) in [5.74, 6) is 1.37. The van der Waals surface area contributed by atoms with Gasteiger partial charge < -0.3 is 20.1 Å². The van der Waals surface area contributed by atoms with Gasteiger partial charge in [-0.25, -0.2) is 9.97 Å². The summed E-state index contributed by atoms with van der Waals surface area (Å²) in [6, 6.07) is 7.40. The van der Waals surface area contributed by atoms with Crippen LogP contribution in [0.4, 0.5) is 11.5 Å². The Labute approximate surface area is 191 Å². The normalized spacial score (nSPS) is 10.7. The van der Waals surface area contributed by atoms with Crippen LogP contribution in [0.3, 0.4) is 0 Å². The third-order valence-corrected chi connectivity index (χ3v) is 5.29. The molecule has 1 amide bonds. The lowest BCUT2D eigenvalue weighted by Crippen LogP contribution is -2.14. The molecule has 7 nitrogen and oxygen atoms in total. The number of aryl methyl sites for hydroxylation is 1. The van der Waals surface area contributed by atoms with E-state index >= 15 is 0 Å². The molecule has 3 rings (SSSR count). The van der Waals surface area contributed by atoms with Gasteiger partial charge in [0.2, 0.25) is 5.91 Å². The predicted octanol–water partition coefficient (Wildman–Crippen LogP) is 5.04. The van der Waals surface area contributed by atoms with E-state index in [4.69, 9.17) is 32.7 Å². The molecule has 31 heavy (non-hydrogen) atoms. The molecule has 164 valence electrons. The number of amides is 1. The van der Waals surface area contributed by atoms with Gasteiger partial charge >= 0.3 is 0 Å². The first-order valence-corrected chi connectivity index (χ1v) is 10.7. The van der Waals surface area contributed by atoms with E-state index in [9.17, 15) is 4.79 Å². The maximum Gasteiger partial charge on any atom is 0.239 e. The first-order chi connectivity index (χ1) is 15.0. The van der Waals surface area contributed by atoms with Crippen LogP contribution in [-0.2, 0) is 17.8 Å². The highest BCUT2D eigenvalue weighted by Crippen LogP contribution is 2.38. The summed E-state index contributed by atoms with van der Waals surface area (Å²) >= 11 is 11.9. The molecule has 0 aliphatic heterocycles. The smallest absolute Gasteiger partial charge is 0.239 e. The van der Waals surface area contributed by atoms with Gasteiger partial charge in [0, 0.05) is 17.5 Å². The zero-order valence-electron chi connectivity index (χ0n) is 17.6. The van der Waals surface area contributed by atoms with Gasteiger partial charge in [-0.2, -0.15) is 0 Å². The Morgan fingerprint density at radius 2 is 1.97 bits per heavy atom. The Bertz CT molecular complexity index is 1090. The molecule has 9 heteroatoms. The number of benzene rings is 2. The number of hydrogen-bond donors (Lipinski definition) is 2. The summed E-state index contributed by atoms with van der Waals surface area (Å²) in [5, 5.41) is 7.46. The fourth-order valence-corrected chi connectivity index (χ4v) is 3.74. The number of nitrogens with one attached hydrogen (secondary N) is 2. The van der Waals surface area contributed by atoms with E-state index in [1.165, 1.54) is 6.33 Å². The quantitative estimate of drug-likeness (QED) is 0.433. The lowest BCUT2D eigenvalue weighted by molar-refractivity contribution is -0.113. The third-order valence-electron chi connectivity index (χ3n) is 4.75. The van der Waals surface area contributed by atoms with E-state index in [2.05, 4.69) is 27.5 Å². The van der Waals surface area contributed by atoms with Gasteiger partial charge in [0.15, 0.2) is 0 Å². The summed E-state index contributed by atoms with van der Waals surface area (Å²) in [7, 11) is 3.15. The summed E-state index contributed by atoms with van der Waals surface area (Å²) in [6.07, 6.45) is 3.13. The van der Waals surface area contributed by atoms with Gasteiger partial charge in [-0.15, -0.1) is 11.6 Å². The summed E-state index contributed by atoms with van der Waals surface area (Å²) in [4.78, 5) is 20.9. The number of ether oxygens (including phenoxy) is 2. The largest absolute Gasteiger partial charge is 0.495 e. The van der Waals surface area contributed by atoms with Crippen molar-refractivity contribution >= 4 is 51.5 Å². The first kappa shape index (κ1) is 22.9. The van der Waals surface area contributed by atoms with Gasteiger partial charge in [-0.1, -0.05) is 31.0 Å². The zero-order valence-corrected chi connectivity index (χ0v) is 19.1. The number of carbonyl (C=O) groups excluding carboxylic acids is 1. The minimum atomic E-state index is -0.319. The Morgan fingerprint density at radius 1 is 1.16 bits per heavy atom. The molecular formula is C22H24Cl2N4O3. The molecule has 0 radical (unpaired) electrons. The molecule has 0 bridgehead atoms. The standard InChI is InChI=1S/C22H24Cl2N4O3/c1-4-5-14-20-15(9-17(21(14)31-3)28-19(29)10-23)22(27-12-26-20)25-11-13-6-7-18(30-2)16(24)8-13/h6-9,12H,4-5,10-11H2,1-3H3,(H,28,29)(H,25,26,27). The monoisotopic (exact) mass is 462 g/mol. The Kier molecular flexibility index (Phi) is 7.76. The van der Waals surface area contributed by atoms with E-state index < -0.39 is 0 Å². The molecular weight excluding hydrogens is 439 g/mol. The van der Waals surface area contributed by atoms with Gasteiger partial charge in [-0.05, 0) is 30.2 Å². The third kappa shape index (κ3) is 5.11. The molecule has 1 aromatic heterocycles. The molecule has 2 N–H and O–H groups in total. The molecule has 0 fully saturated rings. The molecule has 0 aliphatic carbocycles. The van der Waals surface area contributed by atoms with Gasteiger partial charge in [0.05, 0.1) is 30.4 Å². The van der Waals surface area contributed by atoms with Crippen molar-refractivity contribution < 1.29 is 14.3 Å². The number of hydrogen-bond acceptors (Lipinski definition) is 6. The maximum atomic E-state index is 12.0. The number of carbonyl (C=O) groups is 1. The molecule has 0 saturated heterocycles. The second-order valence-electron chi connectivity index (χ2n) is 6.81.